The van der Waals surface area contributed by atoms with Gasteiger partial charge in [-0.15, -0.1) is 0 Å². The lowest BCUT2D eigenvalue weighted by molar-refractivity contribution is -0.140. The molecule has 0 aromatic heterocycles. The molecule has 0 aliphatic heterocycles. The molecule has 1 fully saturated rings. The van der Waals surface area contributed by atoms with Gasteiger partial charge in [0.15, 0.2) is 0 Å². The highest BCUT2D eigenvalue weighted by Gasteiger charge is 2.38. The highest BCUT2D eigenvalue weighted by molar-refractivity contribution is 7.89. The Bertz CT molecular complexity index is 599. The molecule has 1 aliphatic rings. The van der Waals surface area contributed by atoms with Crippen LogP contribution in [0, 0.1) is 0 Å². The van der Waals surface area contributed by atoms with E-state index in [2.05, 4.69) is 0 Å². The van der Waals surface area contributed by atoms with Crippen LogP contribution in [0.4, 0.5) is 13.2 Å². The summed E-state index contributed by atoms with van der Waals surface area (Å²) in [6, 6.07) is 2.45. The van der Waals surface area contributed by atoms with E-state index in [1.807, 2.05) is 0 Å². The van der Waals surface area contributed by atoms with Crippen LogP contribution < -0.4 is 4.89 Å². The average molecular weight is 330 g/mol. The first-order chi connectivity index (χ1) is 9.20. The van der Waals surface area contributed by atoms with Gasteiger partial charge in [-0.1, -0.05) is 16.5 Å². The highest BCUT2D eigenvalue weighted by atomic mass is 35.5. The maximum absolute atomic E-state index is 12.8. The van der Waals surface area contributed by atoms with E-state index < -0.39 is 26.7 Å². The van der Waals surface area contributed by atoms with Crippen LogP contribution in [0.3, 0.4) is 0 Å². The van der Waals surface area contributed by atoms with Crippen molar-refractivity contribution in [3.63, 3.8) is 0 Å². The quantitative estimate of drug-likeness (QED) is 0.863. The third-order valence-electron chi connectivity index (χ3n) is 2.91. The molecule has 1 aromatic rings. The van der Waals surface area contributed by atoms with Gasteiger partial charge >= 0.3 is 6.18 Å². The van der Waals surface area contributed by atoms with Crippen LogP contribution in [0.15, 0.2) is 23.1 Å². The fourth-order valence-corrected chi connectivity index (χ4v) is 2.86. The number of sulfonamides is 1. The Kier molecular flexibility index (Phi) is 4.29. The second kappa shape index (κ2) is 5.51. The highest BCUT2D eigenvalue weighted by Crippen LogP contribution is 2.35. The van der Waals surface area contributed by atoms with Crippen LogP contribution in [0.2, 0.25) is 5.02 Å². The molecule has 1 saturated carbocycles. The standard InChI is InChI=1S/C11H11ClF3NO3S/c12-7-4-5-10(9(6-7)11(13,14)15)20(17,18)16-19-8-2-1-3-8/h4-6,8,16H,1-3H2. The van der Waals surface area contributed by atoms with E-state index in [1.165, 1.54) is 0 Å². The maximum atomic E-state index is 12.8. The van der Waals surface area contributed by atoms with Crippen molar-refractivity contribution in [1.29, 1.82) is 0 Å². The van der Waals surface area contributed by atoms with E-state index in [9.17, 15) is 21.6 Å². The second-order valence-electron chi connectivity index (χ2n) is 4.40. The van der Waals surface area contributed by atoms with Crippen LogP contribution >= 0.6 is 11.6 Å². The van der Waals surface area contributed by atoms with Crippen LogP contribution in [0.1, 0.15) is 24.8 Å². The number of benzene rings is 1. The minimum atomic E-state index is -4.83. The molecule has 4 nitrogen and oxygen atoms in total. The number of hydrogen-bond acceptors (Lipinski definition) is 3. The summed E-state index contributed by atoms with van der Waals surface area (Å²) < 4.78 is 62.3. The lowest BCUT2D eigenvalue weighted by atomic mass is 9.97. The predicted molar refractivity (Wildman–Crippen MR) is 65.5 cm³/mol. The van der Waals surface area contributed by atoms with Crippen molar-refractivity contribution in [1.82, 2.24) is 4.89 Å². The number of alkyl halides is 3. The summed E-state index contributed by atoms with van der Waals surface area (Å²) in [6.07, 6.45) is -2.86. The zero-order valence-electron chi connectivity index (χ0n) is 10.1. The van der Waals surface area contributed by atoms with E-state index in [1.54, 1.807) is 4.89 Å². The van der Waals surface area contributed by atoms with Crippen LogP contribution in [0.5, 0.6) is 0 Å². The third-order valence-corrected chi connectivity index (χ3v) is 4.40. The van der Waals surface area contributed by atoms with Crippen LogP contribution in [0.25, 0.3) is 0 Å². The lowest BCUT2D eigenvalue weighted by Crippen LogP contribution is -2.34. The molecule has 0 saturated heterocycles. The summed E-state index contributed by atoms with van der Waals surface area (Å²) in [5.41, 5.74) is -1.32. The second-order valence-corrected chi connectivity index (χ2v) is 6.45. The maximum Gasteiger partial charge on any atom is 0.417 e. The Labute approximate surface area is 118 Å². The van der Waals surface area contributed by atoms with E-state index in [0.717, 1.165) is 18.6 Å². The predicted octanol–water partition coefficient (Wildman–Crippen LogP) is 3.12. The van der Waals surface area contributed by atoms with Crippen LogP contribution in [-0.4, -0.2) is 14.5 Å². The normalized spacial score (nSPS) is 17.0. The molecular formula is C11H11ClF3NO3S. The topological polar surface area (TPSA) is 55.4 Å². The molecule has 0 radical (unpaired) electrons. The SMILES string of the molecule is O=S(=O)(NOC1CCC1)c1ccc(Cl)cc1C(F)(F)F. The first-order valence-corrected chi connectivity index (χ1v) is 7.60. The summed E-state index contributed by atoms with van der Waals surface area (Å²) in [6.45, 7) is 0. The lowest BCUT2D eigenvalue weighted by Gasteiger charge is -2.25. The van der Waals surface area contributed by atoms with Crippen molar-refractivity contribution in [2.75, 3.05) is 0 Å². The number of rotatable bonds is 4. The van der Waals surface area contributed by atoms with Gasteiger partial charge < -0.3 is 0 Å². The minimum absolute atomic E-state index is 0.198. The van der Waals surface area contributed by atoms with Gasteiger partial charge in [0, 0.05) is 5.02 Å². The van der Waals surface area contributed by atoms with Gasteiger partial charge in [-0.2, -0.15) is 13.2 Å². The van der Waals surface area contributed by atoms with Gasteiger partial charge in [0.2, 0.25) is 0 Å². The van der Waals surface area contributed by atoms with Crippen molar-refractivity contribution in [3.05, 3.63) is 28.8 Å². The van der Waals surface area contributed by atoms with Crippen molar-refractivity contribution in [3.8, 4) is 0 Å². The third kappa shape index (κ3) is 3.43. The van der Waals surface area contributed by atoms with E-state index in [4.69, 9.17) is 16.4 Å². The fraction of sp³-hybridized carbons (Fsp3) is 0.455. The molecule has 0 bridgehead atoms. The molecule has 0 atom stereocenters. The number of nitrogens with one attached hydrogen (secondary N) is 1. The Morgan fingerprint density at radius 1 is 1.30 bits per heavy atom. The Balaban J connectivity index is 2.30. The van der Waals surface area contributed by atoms with E-state index in [0.29, 0.717) is 18.9 Å². The van der Waals surface area contributed by atoms with Gasteiger partial charge in [0.05, 0.1) is 16.6 Å². The molecule has 9 heteroatoms. The Hall–Kier alpha value is -0.830. The molecule has 0 amide bonds. The minimum Gasteiger partial charge on any atom is -0.284 e. The fourth-order valence-electron chi connectivity index (χ4n) is 1.62. The molecular weight excluding hydrogens is 319 g/mol. The first kappa shape index (κ1) is 15.6. The molecule has 0 heterocycles. The molecule has 112 valence electrons. The smallest absolute Gasteiger partial charge is 0.284 e. The molecule has 0 spiro atoms. The molecule has 2 rings (SSSR count). The molecule has 0 unspecified atom stereocenters. The van der Waals surface area contributed by atoms with Gasteiger partial charge in [-0.3, -0.25) is 4.84 Å². The van der Waals surface area contributed by atoms with Crippen molar-refractivity contribution >= 4 is 21.6 Å². The molecule has 1 N–H and O–H groups in total. The molecule has 1 aromatic carbocycles. The largest absolute Gasteiger partial charge is 0.417 e. The Morgan fingerprint density at radius 2 is 1.95 bits per heavy atom. The van der Waals surface area contributed by atoms with Crippen molar-refractivity contribution in [2.45, 2.75) is 36.4 Å². The van der Waals surface area contributed by atoms with Gasteiger partial charge in [0.1, 0.15) is 0 Å². The average Bonchev–Trinajstić information content (AvgIpc) is 2.25. The summed E-state index contributed by atoms with van der Waals surface area (Å²) in [5.74, 6) is 0. The zero-order chi connectivity index (χ0) is 15.0. The van der Waals surface area contributed by atoms with Gasteiger partial charge in [-0.05, 0) is 37.5 Å². The Morgan fingerprint density at radius 3 is 2.45 bits per heavy atom. The molecule has 20 heavy (non-hydrogen) atoms. The van der Waals surface area contributed by atoms with E-state index >= 15 is 0 Å². The van der Waals surface area contributed by atoms with Crippen molar-refractivity contribution < 1.29 is 26.4 Å². The number of hydrogen-bond donors (Lipinski definition) is 1. The summed E-state index contributed by atoms with van der Waals surface area (Å²) >= 11 is 5.49. The van der Waals surface area contributed by atoms with Crippen LogP contribution in [-0.2, 0) is 21.0 Å². The monoisotopic (exact) mass is 329 g/mol. The zero-order valence-corrected chi connectivity index (χ0v) is 11.6. The first-order valence-electron chi connectivity index (χ1n) is 5.74. The van der Waals surface area contributed by atoms with Crippen molar-refractivity contribution in [2.24, 2.45) is 0 Å². The van der Waals surface area contributed by atoms with Gasteiger partial charge in [0.25, 0.3) is 10.0 Å². The van der Waals surface area contributed by atoms with Gasteiger partial charge in [-0.25, -0.2) is 8.42 Å². The number of halogens is 4. The molecule has 1 aliphatic carbocycles. The van der Waals surface area contributed by atoms with E-state index in [-0.39, 0.29) is 11.1 Å². The summed E-state index contributed by atoms with van der Waals surface area (Å²) in [4.78, 5) is 5.69. The summed E-state index contributed by atoms with van der Waals surface area (Å²) in [5, 5.41) is -0.198. The summed E-state index contributed by atoms with van der Waals surface area (Å²) in [7, 11) is -4.41.